The van der Waals surface area contributed by atoms with E-state index in [2.05, 4.69) is 26.1 Å². The third-order valence-corrected chi connectivity index (χ3v) is 11.2. The maximum absolute atomic E-state index is 14.4. The Hall–Kier alpha value is -1.29. The van der Waals surface area contributed by atoms with E-state index in [0.717, 1.165) is 36.5 Å². The van der Waals surface area contributed by atoms with Crippen LogP contribution in [-0.4, -0.2) is 12.3 Å². The monoisotopic (exact) mass is 474 g/mol. The van der Waals surface area contributed by atoms with Crippen molar-refractivity contribution in [1.82, 2.24) is 0 Å². The van der Waals surface area contributed by atoms with Gasteiger partial charge in [-0.3, -0.25) is 4.79 Å². The molecule has 3 nitrogen and oxygen atoms in total. The molecular weight excluding hydrogens is 435 g/mol. The van der Waals surface area contributed by atoms with Gasteiger partial charge >= 0.3 is 0 Å². The smallest absolute Gasteiger partial charge is 0.166 e. The first-order valence-electron chi connectivity index (χ1n) is 13.1. The first kappa shape index (κ1) is 23.5. The van der Waals surface area contributed by atoms with Crippen LogP contribution in [0.25, 0.3) is 0 Å². The Morgan fingerprint density at radius 2 is 1.82 bits per heavy atom. The average molecular weight is 475 g/mol. The molecule has 0 amide bonds. The van der Waals surface area contributed by atoms with Crippen molar-refractivity contribution in [2.45, 2.75) is 78.6 Å². The predicted molar refractivity (Wildman–Crippen MR) is 134 cm³/mol. The van der Waals surface area contributed by atoms with Crippen LogP contribution in [0, 0.1) is 52.2 Å². The van der Waals surface area contributed by atoms with E-state index in [1.807, 2.05) is 0 Å². The Morgan fingerprint density at radius 3 is 2.61 bits per heavy atom. The second-order valence-corrected chi connectivity index (χ2v) is 12.8. The lowest BCUT2D eigenvalue weighted by molar-refractivity contribution is -0.135. The molecule has 3 N–H and O–H groups in total. The summed E-state index contributed by atoms with van der Waals surface area (Å²) in [6, 6.07) is 3.03. The molecule has 0 spiro atoms. The fraction of sp³-hybridized carbons (Fsp3) is 0.750. The summed E-state index contributed by atoms with van der Waals surface area (Å²) in [6.45, 7) is 7.54. The third-order valence-electron chi connectivity index (χ3n) is 10.9. The van der Waals surface area contributed by atoms with Crippen molar-refractivity contribution >= 4 is 28.8 Å². The molecule has 4 aliphatic carbocycles. The Labute approximate surface area is 203 Å². The Kier molecular flexibility index (Phi) is 5.99. The molecule has 182 valence electrons. The third kappa shape index (κ3) is 3.70. The number of anilines is 2. The Bertz CT molecular complexity index is 937. The summed E-state index contributed by atoms with van der Waals surface area (Å²) < 4.78 is 14.4. The molecule has 0 heterocycles. The molecule has 0 aliphatic heterocycles. The van der Waals surface area contributed by atoms with Crippen LogP contribution in [0.4, 0.5) is 15.8 Å². The van der Waals surface area contributed by atoms with Crippen LogP contribution >= 0.6 is 11.6 Å². The number of benzene rings is 1. The highest BCUT2D eigenvalue weighted by atomic mass is 35.5. The van der Waals surface area contributed by atoms with E-state index in [0.29, 0.717) is 11.3 Å². The predicted octanol–water partition coefficient (Wildman–Crippen LogP) is 7.34. The number of ketones is 1. The highest BCUT2D eigenvalue weighted by Crippen LogP contribution is 2.67. The number of Topliss-reactive ketones (excluding diaryl/α,β-unsaturated/α-hetero) is 1. The van der Waals surface area contributed by atoms with Gasteiger partial charge in [-0.2, -0.15) is 0 Å². The second kappa shape index (κ2) is 8.43. The molecule has 4 fully saturated rings. The van der Waals surface area contributed by atoms with Crippen molar-refractivity contribution in [3.05, 3.63) is 23.0 Å². The van der Waals surface area contributed by atoms with E-state index < -0.39 is 5.82 Å². The standard InChI is InChI=1S/C28H40ClFN2O/c1-16-10-12-27(2)17(14-16)4-5-18-19-6-7-21(28(19,3)13-11-20(18)27)24(33)15-32-26-23(31)9-8-22(29)25(26)30/h8-9,16-21,32H,4-7,10-15,31H2,1-3H3/t16-,17?,18-,19?,20?,21+,27-,28-/m0/s1. The van der Waals surface area contributed by atoms with E-state index in [1.54, 1.807) is 6.07 Å². The first-order chi connectivity index (χ1) is 15.6. The summed E-state index contributed by atoms with van der Waals surface area (Å²) in [5.41, 5.74) is 6.95. The number of hydrogen-bond acceptors (Lipinski definition) is 3. The zero-order chi connectivity index (χ0) is 23.5. The van der Waals surface area contributed by atoms with Gasteiger partial charge in [0.25, 0.3) is 0 Å². The first-order valence-corrected chi connectivity index (χ1v) is 13.5. The van der Waals surface area contributed by atoms with Gasteiger partial charge in [-0.15, -0.1) is 0 Å². The summed E-state index contributed by atoms with van der Waals surface area (Å²) in [7, 11) is 0. The fourth-order valence-corrected chi connectivity index (χ4v) is 9.20. The summed E-state index contributed by atoms with van der Waals surface area (Å²) in [5, 5.41) is 3.00. The highest BCUT2D eigenvalue weighted by Gasteiger charge is 2.60. The summed E-state index contributed by atoms with van der Waals surface area (Å²) in [4.78, 5) is 13.4. The van der Waals surface area contributed by atoms with E-state index in [9.17, 15) is 9.18 Å². The maximum Gasteiger partial charge on any atom is 0.166 e. The fourth-order valence-electron chi connectivity index (χ4n) is 9.05. The van der Waals surface area contributed by atoms with Crippen LogP contribution < -0.4 is 11.1 Å². The minimum atomic E-state index is -0.577. The molecule has 5 heteroatoms. The summed E-state index contributed by atoms with van der Waals surface area (Å²) in [6.07, 6.45) is 11.5. The number of rotatable bonds is 4. The summed E-state index contributed by atoms with van der Waals surface area (Å²) in [5.74, 6) is 3.70. The number of nitrogens with one attached hydrogen (secondary N) is 1. The van der Waals surface area contributed by atoms with Crippen molar-refractivity contribution in [3.8, 4) is 0 Å². The van der Waals surface area contributed by atoms with E-state index in [4.69, 9.17) is 17.3 Å². The van der Waals surface area contributed by atoms with Gasteiger partial charge in [0.2, 0.25) is 0 Å². The van der Waals surface area contributed by atoms with Crippen molar-refractivity contribution in [1.29, 1.82) is 0 Å². The SMILES string of the molecule is C[C@H]1CC[C@@]2(C)C(CC[C@@H]3C2CC[C@@]2(C)C3CC[C@@H]2C(=O)CNc2c(N)ccc(Cl)c2F)C1. The number of carbonyl (C=O) groups excluding carboxylic acids is 1. The van der Waals surface area contributed by atoms with Crippen LogP contribution in [0.15, 0.2) is 12.1 Å². The Balaban J connectivity index is 1.30. The van der Waals surface area contributed by atoms with E-state index in [-0.39, 0.29) is 40.1 Å². The van der Waals surface area contributed by atoms with Crippen molar-refractivity contribution < 1.29 is 9.18 Å². The molecular formula is C28H40ClFN2O. The molecule has 5 rings (SSSR count). The van der Waals surface area contributed by atoms with Gasteiger partial charge in [0, 0.05) is 5.92 Å². The van der Waals surface area contributed by atoms with Crippen LogP contribution in [0.5, 0.6) is 0 Å². The van der Waals surface area contributed by atoms with E-state index in [1.165, 1.54) is 51.0 Å². The molecule has 1 aromatic carbocycles. The highest BCUT2D eigenvalue weighted by molar-refractivity contribution is 6.31. The molecule has 3 unspecified atom stereocenters. The minimum absolute atomic E-state index is 0.0200. The quantitative estimate of drug-likeness (QED) is 0.449. The zero-order valence-corrected chi connectivity index (χ0v) is 21.2. The normalized spacial score (nSPS) is 42.2. The summed E-state index contributed by atoms with van der Waals surface area (Å²) >= 11 is 5.92. The van der Waals surface area contributed by atoms with Gasteiger partial charge in [0.15, 0.2) is 11.6 Å². The van der Waals surface area contributed by atoms with Crippen molar-refractivity contribution in [3.63, 3.8) is 0 Å². The zero-order valence-electron chi connectivity index (χ0n) is 20.4. The number of nitrogen functional groups attached to an aromatic ring is 1. The van der Waals surface area contributed by atoms with Crippen molar-refractivity contribution in [2.24, 2.45) is 46.3 Å². The molecule has 0 radical (unpaired) electrons. The topological polar surface area (TPSA) is 55.1 Å². The largest absolute Gasteiger partial charge is 0.397 e. The lowest BCUT2D eigenvalue weighted by atomic mass is 9.44. The molecule has 1 aromatic rings. The number of nitrogens with two attached hydrogens (primary N) is 1. The lowest BCUT2D eigenvalue weighted by Crippen LogP contribution is -2.53. The number of fused-ring (bicyclic) bond motifs is 5. The van der Waals surface area contributed by atoms with Gasteiger partial charge in [0.1, 0.15) is 0 Å². The molecule has 0 bridgehead atoms. The minimum Gasteiger partial charge on any atom is -0.397 e. The second-order valence-electron chi connectivity index (χ2n) is 12.4. The molecule has 33 heavy (non-hydrogen) atoms. The van der Waals surface area contributed by atoms with E-state index >= 15 is 0 Å². The van der Waals surface area contributed by atoms with Crippen LogP contribution in [-0.2, 0) is 4.79 Å². The van der Waals surface area contributed by atoms with Crippen LogP contribution in [0.1, 0.15) is 78.6 Å². The number of hydrogen-bond donors (Lipinski definition) is 2. The molecule has 8 atom stereocenters. The molecule has 0 saturated heterocycles. The van der Waals surface area contributed by atoms with Crippen LogP contribution in [0.3, 0.4) is 0 Å². The van der Waals surface area contributed by atoms with Gasteiger partial charge in [0.05, 0.1) is 22.9 Å². The van der Waals surface area contributed by atoms with Gasteiger partial charge in [-0.05, 0) is 104 Å². The van der Waals surface area contributed by atoms with Gasteiger partial charge in [-0.25, -0.2) is 4.39 Å². The molecule has 0 aromatic heterocycles. The number of halogens is 2. The van der Waals surface area contributed by atoms with Gasteiger partial charge in [-0.1, -0.05) is 38.8 Å². The Morgan fingerprint density at radius 1 is 1.09 bits per heavy atom. The maximum atomic E-state index is 14.4. The molecule has 4 saturated carbocycles. The molecule has 4 aliphatic rings. The van der Waals surface area contributed by atoms with Gasteiger partial charge < -0.3 is 11.1 Å². The lowest BCUT2D eigenvalue weighted by Gasteiger charge is -2.61. The average Bonchev–Trinajstić information content (AvgIpc) is 3.14. The number of carbonyl (C=O) groups is 1. The van der Waals surface area contributed by atoms with Crippen molar-refractivity contribution in [2.75, 3.05) is 17.6 Å². The van der Waals surface area contributed by atoms with Crippen LogP contribution in [0.2, 0.25) is 5.02 Å².